The molecule has 0 bridgehead atoms. The summed E-state index contributed by atoms with van der Waals surface area (Å²) in [5.41, 5.74) is 5.24. The van der Waals surface area contributed by atoms with Crippen LogP contribution in [0.3, 0.4) is 0 Å². The first kappa shape index (κ1) is 10.5. The summed E-state index contributed by atoms with van der Waals surface area (Å²) in [4.78, 5) is 3.61. The predicted molar refractivity (Wildman–Crippen MR) is 48.2 cm³/mol. The van der Waals surface area contributed by atoms with Gasteiger partial charge in [-0.1, -0.05) is 11.6 Å². The Morgan fingerprint density at radius 1 is 1.54 bits per heavy atom. The van der Waals surface area contributed by atoms with Crippen molar-refractivity contribution in [1.29, 1.82) is 0 Å². The maximum Gasteiger partial charge on any atom is 0.264 e. The Bertz CT molecular complexity index is 318. The molecule has 2 N–H and O–H groups in total. The molecule has 6 heteroatoms. The topological polar surface area (TPSA) is 38.9 Å². The summed E-state index contributed by atoms with van der Waals surface area (Å²) >= 11 is 10.9. The average molecular weight is 227 g/mol. The van der Waals surface area contributed by atoms with Gasteiger partial charge in [0.25, 0.3) is 6.43 Å². The fourth-order valence-electron chi connectivity index (χ4n) is 0.918. The van der Waals surface area contributed by atoms with Gasteiger partial charge in [-0.3, -0.25) is 0 Å². The maximum absolute atomic E-state index is 12.4. The number of alkyl halides is 3. The van der Waals surface area contributed by atoms with Crippen molar-refractivity contribution >= 4 is 29.0 Å². The largest absolute Gasteiger partial charge is 0.383 e. The van der Waals surface area contributed by atoms with Crippen LogP contribution in [0.15, 0.2) is 6.07 Å². The second kappa shape index (κ2) is 4.07. The fraction of sp³-hybridized carbons (Fsp3) is 0.286. The second-order valence-electron chi connectivity index (χ2n) is 2.33. The zero-order valence-corrected chi connectivity index (χ0v) is 7.91. The molecule has 1 aromatic rings. The molecule has 2 nitrogen and oxygen atoms in total. The van der Waals surface area contributed by atoms with Crippen molar-refractivity contribution in [2.75, 3.05) is 5.73 Å². The van der Waals surface area contributed by atoms with Crippen molar-refractivity contribution in [1.82, 2.24) is 4.98 Å². The summed E-state index contributed by atoms with van der Waals surface area (Å²) in [5, 5.41) is -0.0540. The van der Waals surface area contributed by atoms with Crippen molar-refractivity contribution < 1.29 is 8.78 Å². The number of pyridine rings is 1. The third-order valence-corrected chi connectivity index (χ3v) is 1.99. The molecule has 0 saturated carbocycles. The minimum absolute atomic E-state index is 0.0437. The van der Waals surface area contributed by atoms with Gasteiger partial charge in [-0.2, -0.15) is 0 Å². The Balaban J connectivity index is 3.29. The number of rotatable bonds is 2. The highest BCUT2D eigenvalue weighted by Gasteiger charge is 2.16. The Hall–Kier alpha value is -0.610. The third kappa shape index (κ3) is 2.19. The zero-order valence-electron chi connectivity index (χ0n) is 6.40. The van der Waals surface area contributed by atoms with E-state index in [1.807, 2.05) is 0 Å². The predicted octanol–water partition coefficient (Wildman–Crippen LogP) is 2.99. The molecule has 13 heavy (non-hydrogen) atoms. The van der Waals surface area contributed by atoms with Crippen LogP contribution in [0.25, 0.3) is 0 Å². The first-order valence-electron chi connectivity index (χ1n) is 3.35. The maximum atomic E-state index is 12.4. The normalized spacial score (nSPS) is 10.8. The molecule has 0 aromatic carbocycles. The minimum atomic E-state index is -2.64. The molecule has 0 amide bonds. The van der Waals surface area contributed by atoms with E-state index in [4.69, 9.17) is 28.9 Å². The van der Waals surface area contributed by atoms with E-state index in [9.17, 15) is 8.78 Å². The van der Waals surface area contributed by atoms with E-state index in [0.29, 0.717) is 0 Å². The third-order valence-electron chi connectivity index (χ3n) is 1.53. The highest BCUT2D eigenvalue weighted by molar-refractivity contribution is 6.29. The first-order valence-corrected chi connectivity index (χ1v) is 4.26. The number of nitrogens with two attached hydrogens (primary N) is 1. The number of halogens is 4. The lowest BCUT2D eigenvalue weighted by Crippen LogP contribution is -2.02. The van der Waals surface area contributed by atoms with Gasteiger partial charge >= 0.3 is 0 Å². The monoisotopic (exact) mass is 226 g/mol. The van der Waals surface area contributed by atoms with Crippen LogP contribution in [0.4, 0.5) is 14.6 Å². The molecule has 0 fully saturated rings. The van der Waals surface area contributed by atoms with Gasteiger partial charge in [0.2, 0.25) is 0 Å². The van der Waals surface area contributed by atoms with Crippen LogP contribution in [0.1, 0.15) is 17.6 Å². The number of aromatic nitrogens is 1. The molecule has 0 atom stereocenters. The summed E-state index contributed by atoms with van der Waals surface area (Å²) in [6.45, 7) is 0. The Morgan fingerprint density at radius 3 is 2.62 bits per heavy atom. The Kier molecular flexibility index (Phi) is 3.27. The molecule has 0 saturated heterocycles. The summed E-state index contributed by atoms with van der Waals surface area (Å²) in [6.07, 6.45) is -2.64. The number of hydrogen-bond acceptors (Lipinski definition) is 2. The standard InChI is InChI=1S/C7H6Cl2F2N2/c8-2-4-3(6(10)11)1-5(9)13-7(4)12/h1,6H,2H2,(H2,12,13). The van der Waals surface area contributed by atoms with E-state index in [2.05, 4.69) is 4.98 Å². The van der Waals surface area contributed by atoms with E-state index in [1.54, 1.807) is 0 Å². The SMILES string of the molecule is Nc1nc(Cl)cc(C(F)F)c1CCl. The van der Waals surface area contributed by atoms with Crippen molar-refractivity contribution in [2.24, 2.45) is 0 Å². The second-order valence-corrected chi connectivity index (χ2v) is 2.99. The van der Waals surface area contributed by atoms with E-state index in [-0.39, 0.29) is 28.0 Å². The van der Waals surface area contributed by atoms with Crippen molar-refractivity contribution in [3.63, 3.8) is 0 Å². The van der Waals surface area contributed by atoms with Crippen LogP contribution >= 0.6 is 23.2 Å². The van der Waals surface area contributed by atoms with Crippen LogP contribution < -0.4 is 5.73 Å². The van der Waals surface area contributed by atoms with Gasteiger partial charge in [-0.25, -0.2) is 13.8 Å². The first-order chi connectivity index (χ1) is 6.06. The summed E-state index contributed by atoms with van der Waals surface area (Å²) in [7, 11) is 0. The van der Waals surface area contributed by atoms with E-state index >= 15 is 0 Å². The number of anilines is 1. The van der Waals surface area contributed by atoms with Gasteiger partial charge in [0.05, 0.1) is 5.88 Å². The van der Waals surface area contributed by atoms with Gasteiger partial charge < -0.3 is 5.73 Å². The van der Waals surface area contributed by atoms with Gasteiger partial charge in [0.15, 0.2) is 0 Å². The molecule has 1 rings (SSSR count). The molecule has 1 aromatic heterocycles. The van der Waals surface area contributed by atoms with Crippen molar-refractivity contribution in [2.45, 2.75) is 12.3 Å². The molecular formula is C7H6Cl2F2N2. The van der Waals surface area contributed by atoms with Crippen LogP contribution in [0, 0.1) is 0 Å². The summed E-state index contributed by atoms with van der Waals surface area (Å²) in [6, 6.07) is 1.07. The Morgan fingerprint density at radius 2 is 2.15 bits per heavy atom. The van der Waals surface area contributed by atoms with E-state index < -0.39 is 6.43 Å². The molecule has 0 aliphatic rings. The number of nitrogen functional groups attached to an aromatic ring is 1. The number of nitrogens with zero attached hydrogens (tertiary/aromatic N) is 1. The van der Waals surface area contributed by atoms with Crippen LogP contribution in [-0.2, 0) is 5.88 Å². The van der Waals surface area contributed by atoms with Crippen LogP contribution in [0.2, 0.25) is 5.15 Å². The van der Waals surface area contributed by atoms with Crippen LogP contribution in [0.5, 0.6) is 0 Å². The summed E-state index contributed by atoms with van der Waals surface area (Å²) < 4.78 is 24.7. The zero-order chi connectivity index (χ0) is 10.0. The van der Waals surface area contributed by atoms with Gasteiger partial charge in [-0.15, -0.1) is 11.6 Å². The van der Waals surface area contributed by atoms with E-state index in [1.165, 1.54) is 0 Å². The Labute approximate surface area is 83.7 Å². The molecule has 0 spiro atoms. The lowest BCUT2D eigenvalue weighted by molar-refractivity contribution is 0.150. The molecule has 72 valence electrons. The molecule has 0 aliphatic heterocycles. The highest BCUT2D eigenvalue weighted by Crippen LogP contribution is 2.29. The minimum Gasteiger partial charge on any atom is -0.383 e. The number of hydrogen-bond donors (Lipinski definition) is 1. The highest BCUT2D eigenvalue weighted by atomic mass is 35.5. The fourth-order valence-corrected chi connectivity index (χ4v) is 1.42. The van der Waals surface area contributed by atoms with Gasteiger partial charge in [0, 0.05) is 11.1 Å². The molecule has 1 heterocycles. The summed E-state index contributed by atoms with van der Waals surface area (Å²) in [5.74, 6) is -0.145. The molecule has 0 unspecified atom stereocenters. The molecule has 0 radical (unpaired) electrons. The van der Waals surface area contributed by atoms with Crippen molar-refractivity contribution in [3.8, 4) is 0 Å². The lowest BCUT2D eigenvalue weighted by atomic mass is 10.1. The van der Waals surface area contributed by atoms with Crippen LogP contribution in [-0.4, -0.2) is 4.98 Å². The van der Waals surface area contributed by atoms with Crippen molar-refractivity contribution in [3.05, 3.63) is 22.3 Å². The van der Waals surface area contributed by atoms with Gasteiger partial charge in [0.1, 0.15) is 11.0 Å². The molecular weight excluding hydrogens is 221 g/mol. The lowest BCUT2D eigenvalue weighted by Gasteiger charge is -2.08. The van der Waals surface area contributed by atoms with E-state index in [0.717, 1.165) is 6.07 Å². The quantitative estimate of drug-likeness (QED) is 0.622. The smallest absolute Gasteiger partial charge is 0.264 e. The van der Waals surface area contributed by atoms with Gasteiger partial charge in [-0.05, 0) is 6.07 Å². The molecule has 0 aliphatic carbocycles. The average Bonchev–Trinajstić information content (AvgIpc) is 2.02.